The molecule has 0 heterocycles. The number of rotatable bonds is 7. The molecule has 0 aliphatic rings. The number of aliphatic hydroxyl groups excluding tert-OH is 1. The van der Waals surface area contributed by atoms with Gasteiger partial charge < -0.3 is 15.2 Å². The minimum atomic E-state index is -0.696. The van der Waals surface area contributed by atoms with Gasteiger partial charge in [0, 0.05) is 12.1 Å². The molecular formula is C15H22FNO3. The van der Waals surface area contributed by atoms with Gasteiger partial charge in [-0.3, -0.25) is 4.79 Å². The predicted octanol–water partition coefficient (Wildman–Crippen LogP) is 2.25. The molecule has 0 radical (unpaired) electrons. The molecule has 1 aromatic carbocycles. The van der Waals surface area contributed by atoms with Crippen LogP contribution >= 0.6 is 0 Å². The number of ether oxygens (including phenoxy) is 1. The third kappa shape index (κ3) is 5.17. The second-order valence-electron chi connectivity index (χ2n) is 5.14. The van der Waals surface area contributed by atoms with Gasteiger partial charge in [0.25, 0.3) is 5.91 Å². The van der Waals surface area contributed by atoms with Crippen LogP contribution in [0.3, 0.4) is 0 Å². The maximum Gasteiger partial charge on any atom is 0.260 e. The summed E-state index contributed by atoms with van der Waals surface area (Å²) in [4.78, 5) is 11.8. The van der Waals surface area contributed by atoms with E-state index in [1.165, 1.54) is 18.2 Å². The predicted molar refractivity (Wildman–Crippen MR) is 74.9 cm³/mol. The van der Waals surface area contributed by atoms with E-state index < -0.39 is 11.9 Å². The first-order valence-electron chi connectivity index (χ1n) is 6.77. The van der Waals surface area contributed by atoms with E-state index >= 15 is 0 Å². The van der Waals surface area contributed by atoms with E-state index in [9.17, 15) is 9.18 Å². The van der Waals surface area contributed by atoms with Crippen molar-refractivity contribution >= 4 is 5.91 Å². The summed E-state index contributed by atoms with van der Waals surface area (Å²) in [6.07, 6.45) is 0.203. The minimum Gasteiger partial charge on any atom is -0.481 e. The number of amides is 1. The lowest BCUT2D eigenvalue weighted by molar-refractivity contribution is -0.127. The first-order valence-corrected chi connectivity index (χ1v) is 6.77. The summed E-state index contributed by atoms with van der Waals surface area (Å²) in [5, 5.41) is 11.9. The standard InChI is InChI=1S/C15H22FNO3/c1-10(2)6-7-17-15(19)11(3)20-14-5-4-13(16)8-12(14)9-18/h4-5,8,10-11,18H,6-7,9H2,1-3H3,(H,17,19). The number of carbonyl (C=O) groups is 1. The second kappa shape index (κ2) is 7.85. The molecular weight excluding hydrogens is 261 g/mol. The monoisotopic (exact) mass is 283 g/mol. The number of halogens is 1. The Morgan fingerprint density at radius 3 is 2.70 bits per heavy atom. The van der Waals surface area contributed by atoms with Gasteiger partial charge in [-0.25, -0.2) is 4.39 Å². The van der Waals surface area contributed by atoms with Crippen LogP contribution in [0, 0.1) is 11.7 Å². The van der Waals surface area contributed by atoms with Crippen molar-refractivity contribution in [3.63, 3.8) is 0 Å². The first kappa shape index (κ1) is 16.4. The average molecular weight is 283 g/mol. The summed E-state index contributed by atoms with van der Waals surface area (Å²) >= 11 is 0. The van der Waals surface area contributed by atoms with E-state index in [1.54, 1.807) is 6.92 Å². The Kier molecular flexibility index (Phi) is 6.45. The van der Waals surface area contributed by atoms with Gasteiger partial charge in [-0.05, 0) is 37.5 Å². The highest BCUT2D eigenvalue weighted by Gasteiger charge is 2.16. The van der Waals surface area contributed by atoms with Gasteiger partial charge in [0.1, 0.15) is 11.6 Å². The molecule has 1 amide bonds. The number of nitrogens with one attached hydrogen (secondary N) is 1. The van der Waals surface area contributed by atoms with Crippen LogP contribution in [-0.4, -0.2) is 23.7 Å². The number of hydrogen-bond acceptors (Lipinski definition) is 3. The number of benzene rings is 1. The molecule has 0 aromatic heterocycles. The van der Waals surface area contributed by atoms with E-state index in [4.69, 9.17) is 9.84 Å². The third-order valence-corrected chi connectivity index (χ3v) is 2.89. The number of carbonyl (C=O) groups excluding carboxylic acids is 1. The highest BCUT2D eigenvalue weighted by Crippen LogP contribution is 2.21. The van der Waals surface area contributed by atoms with Crippen LogP contribution < -0.4 is 10.1 Å². The van der Waals surface area contributed by atoms with Crippen molar-refractivity contribution in [1.29, 1.82) is 0 Å². The number of hydrogen-bond donors (Lipinski definition) is 2. The van der Waals surface area contributed by atoms with Crippen LogP contribution in [0.2, 0.25) is 0 Å². The van der Waals surface area contributed by atoms with E-state index in [2.05, 4.69) is 19.2 Å². The molecule has 1 rings (SSSR count). The Morgan fingerprint density at radius 1 is 1.40 bits per heavy atom. The van der Waals surface area contributed by atoms with Crippen LogP contribution in [0.25, 0.3) is 0 Å². The minimum absolute atomic E-state index is 0.223. The molecule has 20 heavy (non-hydrogen) atoms. The van der Waals surface area contributed by atoms with Gasteiger partial charge in [0.2, 0.25) is 0 Å². The van der Waals surface area contributed by atoms with E-state index in [0.717, 1.165) is 6.42 Å². The maximum atomic E-state index is 13.0. The Labute approximate surface area is 119 Å². The van der Waals surface area contributed by atoms with Crippen molar-refractivity contribution in [2.75, 3.05) is 6.54 Å². The molecule has 0 spiro atoms. The molecule has 4 nitrogen and oxygen atoms in total. The van der Waals surface area contributed by atoms with Crippen molar-refractivity contribution in [2.45, 2.75) is 39.9 Å². The fraction of sp³-hybridized carbons (Fsp3) is 0.533. The zero-order chi connectivity index (χ0) is 15.1. The largest absolute Gasteiger partial charge is 0.481 e. The maximum absolute atomic E-state index is 13.0. The van der Waals surface area contributed by atoms with Crippen LogP contribution in [0.1, 0.15) is 32.8 Å². The highest BCUT2D eigenvalue weighted by atomic mass is 19.1. The number of aliphatic hydroxyl groups is 1. The quantitative estimate of drug-likeness (QED) is 0.807. The molecule has 0 saturated heterocycles. The molecule has 2 N–H and O–H groups in total. The topological polar surface area (TPSA) is 58.6 Å². The van der Waals surface area contributed by atoms with Gasteiger partial charge in [0.15, 0.2) is 6.10 Å². The lowest BCUT2D eigenvalue weighted by atomic mass is 10.1. The normalized spacial score (nSPS) is 12.3. The Bertz CT molecular complexity index is 449. The zero-order valence-corrected chi connectivity index (χ0v) is 12.1. The van der Waals surface area contributed by atoms with Crippen LogP contribution in [0.5, 0.6) is 5.75 Å². The van der Waals surface area contributed by atoms with Crippen molar-refractivity contribution in [3.05, 3.63) is 29.6 Å². The molecule has 112 valence electrons. The molecule has 0 aliphatic heterocycles. The fourth-order valence-electron chi connectivity index (χ4n) is 1.66. The SMILES string of the molecule is CC(C)CCNC(=O)C(C)Oc1ccc(F)cc1CO. The van der Waals surface area contributed by atoms with E-state index in [-0.39, 0.29) is 12.5 Å². The molecule has 0 aliphatic carbocycles. The summed E-state index contributed by atoms with van der Waals surface area (Å²) in [5.74, 6) is 0.166. The third-order valence-electron chi connectivity index (χ3n) is 2.89. The molecule has 1 atom stereocenters. The van der Waals surface area contributed by atoms with E-state index in [0.29, 0.717) is 23.8 Å². The van der Waals surface area contributed by atoms with Crippen LogP contribution in [0.4, 0.5) is 4.39 Å². The van der Waals surface area contributed by atoms with Gasteiger partial charge in [0.05, 0.1) is 6.61 Å². The molecule has 1 aromatic rings. The van der Waals surface area contributed by atoms with E-state index in [1.807, 2.05) is 0 Å². The Morgan fingerprint density at radius 2 is 2.10 bits per heavy atom. The Hall–Kier alpha value is -1.62. The van der Waals surface area contributed by atoms with Crippen molar-refractivity contribution in [1.82, 2.24) is 5.32 Å². The van der Waals surface area contributed by atoms with Gasteiger partial charge in [-0.15, -0.1) is 0 Å². The molecule has 5 heteroatoms. The lowest BCUT2D eigenvalue weighted by Crippen LogP contribution is -2.37. The lowest BCUT2D eigenvalue weighted by Gasteiger charge is -2.17. The van der Waals surface area contributed by atoms with Gasteiger partial charge in [-0.2, -0.15) is 0 Å². The average Bonchev–Trinajstić information content (AvgIpc) is 2.40. The van der Waals surface area contributed by atoms with Crippen molar-refractivity contribution < 1.29 is 19.0 Å². The van der Waals surface area contributed by atoms with Crippen LogP contribution in [0.15, 0.2) is 18.2 Å². The summed E-state index contributed by atoms with van der Waals surface area (Å²) < 4.78 is 18.5. The van der Waals surface area contributed by atoms with Crippen molar-refractivity contribution in [2.24, 2.45) is 5.92 Å². The first-order chi connectivity index (χ1) is 9.43. The smallest absolute Gasteiger partial charge is 0.260 e. The van der Waals surface area contributed by atoms with Crippen LogP contribution in [-0.2, 0) is 11.4 Å². The highest BCUT2D eigenvalue weighted by molar-refractivity contribution is 5.80. The zero-order valence-electron chi connectivity index (χ0n) is 12.1. The Balaban J connectivity index is 2.57. The molecule has 0 saturated carbocycles. The molecule has 1 unspecified atom stereocenters. The molecule has 0 fully saturated rings. The summed E-state index contributed by atoms with van der Waals surface area (Å²) in [5.41, 5.74) is 0.326. The fourth-order valence-corrected chi connectivity index (χ4v) is 1.66. The van der Waals surface area contributed by atoms with Crippen molar-refractivity contribution in [3.8, 4) is 5.75 Å². The second-order valence-corrected chi connectivity index (χ2v) is 5.14. The summed E-state index contributed by atoms with van der Waals surface area (Å²) in [6.45, 7) is 6.04. The molecule has 0 bridgehead atoms. The summed E-state index contributed by atoms with van der Waals surface area (Å²) in [6, 6.07) is 3.84. The summed E-state index contributed by atoms with van der Waals surface area (Å²) in [7, 11) is 0. The van der Waals surface area contributed by atoms with Gasteiger partial charge >= 0.3 is 0 Å². The van der Waals surface area contributed by atoms with Gasteiger partial charge in [-0.1, -0.05) is 13.8 Å².